The molecule has 0 aromatic heterocycles. The van der Waals surface area contributed by atoms with Crippen LogP contribution in [0.1, 0.15) is 36.5 Å². The lowest BCUT2D eigenvalue weighted by Crippen LogP contribution is -2.53. The standard InChI is InChI=1S/C25H30N4O5/c1-3-26-25(32)28-17-9-12-21-19(13-17)24(31)29(2)20-11-10-18(34-22(20)15-33-21)14-23(30)27-16-7-5-4-6-8-16/h4-9,12-13,18,20,22H,3,10-11,14-15H2,1-2H3,(H,27,30)(H2,26,28,32)/t18-,20+,22+/m1/s1. The Labute approximate surface area is 198 Å². The SMILES string of the molecule is CCNC(=O)Nc1ccc2c(c1)C(=O)N(C)[C@H]1CC[C@H](CC(=O)Nc3ccccc3)O[C@H]1CO2. The third kappa shape index (κ3) is 5.48. The topological polar surface area (TPSA) is 109 Å². The van der Waals surface area contributed by atoms with Crippen LogP contribution in [0.25, 0.3) is 0 Å². The van der Waals surface area contributed by atoms with Gasteiger partial charge in [0, 0.05) is 25.0 Å². The Kier molecular flexibility index (Phi) is 7.32. The first-order valence-corrected chi connectivity index (χ1v) is 11.5. The van der Waals surface area contributed by atoms with Gasteiger partial charge in [-0.3, -0.25) is 9.59 Å². The van der Waals surface area contributed by atoms with Gasteiger partial charge in [-0.2, -0.15) is 0 Å². The van der Waals surface area contributed by atoms with Crippen LogP contribution in [-0.4, -0.2) is 61.2 Å². The van der Waals surface area contributed by atoms with E-state index in [9.17, 15) is 14.4 Å². The third-order valence-corrected chi connectivity index (χ3v) is 6.08. The summed E-state index contributed by atoms with van der Waals surface area (Å²) in [6, 6.07) is 13.8. The number of amides is 4. The molecule has 4 amide bonds. The molecule has 1 saturated heterocycles. The number of ether oxygens (including phenoxy) is 2. The number of nitrogens with zero attached hydrogens (tertiary/aromatic N) is 1. The van der Waals surface area contributed by atoms with E-state index in [1.807, 2.05) is 37.3 Å². The van der Waals surface area contributed by atoms with Gasteiger partial charge in [0.1, 0.15) is 18.5 Å². The van der Waals surface area contributed by atoms with Crippen molar-refractivity contribution in [3.8, 4) is 5.75 Å². The number of likely N-dealkylation sites (N-methyl/N-ethyl adjacent to an activating group) is 1. The molecule has 2 heterocycles. The van der Waals surface area contributed by atoms with Gasteiger partial charge in [0.05, 0.1) is 24.1 Å². The van der Waals surface area contributed by atoms with Crippen molar-refractivity contribution in [2.75, 3.05) is 30.8 Å². The van der Waals surface area contributed by atoms with E-state index >= 15 is 0 Å². The first-order chi connectivity index (χ1) is 16.4. The van der Waals surface area contributed by atoms with Gasteiger partial charge in [0.15, 0.2) is 0 Å². The fraction of sp³-hybridized carbons (Fsp3) is 0.400. The summed E-state index contributed by atoms with van der Waals surface area (Å²) in [6.07, 6.45) is 0.998. The fourth-order valence-corrected chi connectivity index (χ4v) is 4.38. The zero-order valence-electron chi connectivity index (χ0n) is 19.4. The fourth-order valence-electron chi connectivity index (χ4n) is 4.38. The monoisotopic (exact) mass is 466 g/mol. The average molecular weight is 467 g/mol. The van der Waals surface area contributed by atoms with Crippen molar-refractivity contribution in [2.24, 2.45) is 0 Å². The van der Waals surface area contributed by atoms with Crippen molar-refractivity contribution in [1.82, 2.24) is 10.2 Å². The van der Waals surface area contributed by atoms with E-state index in [1.165, 1.54) is 0 Å². The molecule has 2 aliphatic rings. The van der Waals surface area contributed by atoms with Crippen LogP contribution in [0.15, 0.2) is 48.5 Å². The number of benzene rings is 2. The second-order valence-corrected chi connectivity index (χ2v) is 8.48. The van der Waals surface area contributed by atoms with Gasteiger partial charge in [-0.25, -0.2) is 4.79 Å². The molecule has 2 aromatic carbocycles. The molecule has 0 saturated carbocycles. The average Bonchev–Trinajstić information content (AvgIpc) is 2.82. The minimum Gasteiger partial charge on any atom is -0.490 e. The molecule has 0 spiro atoms. The second kappa shape index (κ2) is 10.6. The molecule has 3 atom stereocenters. The summed E-state index contributed by atoms with van der Waals surface area (Å²) in [5, 5.41) is 8.28. The highest BCUT2D eigenvalue weighted by molar-refractivity contribution is 5.99. The van der Waals surface area contributed by atoms with Crippen LogP contribution >= 0.6 is 0 Å². The second-order valence-electron chi connectivity index (χ2n) is 8.48. The summed E-state index contributed by atoms with van der Waals surface area (Å²) >= 11 is 0. The summed E-state index contributed by atoms with van der Waals surface area (Å²) in [5.41, 5.74) is 1.65. The van der Waals surface area contributed by atoms with Gasteiger partial charge < -0.3 is 30.3 Å². The summed E-state index contributed by atoms with van der Waals surface area (Å²) in [6.45, 7) is 2.59. The Morgan fingerprint density at radius 3 is 2.62 bits per heavy atom. The maximum Gasteiger partial charge on any atom is 0.319 e. The van der Waals surface area contributed by atoms with E-state index in [1.54, 1.807) is 30.1 Å². The largest absolute Gasteiger partial charge is 0.490 e. The number of para-hydroxylation sites is 1. The normalized spacial score (nSPS) is 21.8. The Balaban J connectivity index is 1.42. The molecule has 2 aromatic rings. The van der Waals surface area contributed by atoms with Crippen LogP contribution < -0.4 is 20.7 Å². The molecule has 0 aliphatic carbocycles. The number of carbonyl (C=O) groups excluding carboxylic acids is 3. The van der Waals surface area contributed by atoms with Crippen LogP contribution in [-0.2, 0) is 9.53 Å². The number of hydrogen-bond donors (Lipinski definition) is 3. The zero-order chi connectivity index (χ0) is 24.1. The predicted molar refractivity (Wildman–Crippen MR) is 128 cm³/mol. The maximum absolute atomic E-state index is 13.3. The number of rotatable bonds is 5. The Morgan fingerprint density at radius 2 is 1.85 bits per heavy atom. The summed E-state index contributed by atoms with van der Waals surface area (Å²) in [7, 11) is 1.75. The van der Waals surface area contributed by atoms with Crippen LogP contribution in [0.2, 0.25) is 0 Å². The van der Waals surface area contributed by atoms with Gasteiger partial charge in [-0.1, -0.05) is 18.2 Å². The lowest BCUT2D eigenvalue weighted by molar-refractivity contribution is -0.130. The number of fused-ring (bicyclic) bond motifs is 2. The third-order valence-electron chi connectivity index (χ3n) is 6.08. The molecule has 0 radical (unpaired) electrons. The molecule has 180 valence electrons. The first kappa shape index (κ1) is 23.6. The lowest BCUT2D eigenvalue weighted by atomic mass is 9.94. The highest BCUT2D eigenvalue weighted by Gasteiger charge is 2.39. The molecular weight excluding hydrogens is 436 g/mol. The van der Waals surface area contributed by atoms with Crippen molar-refractivity contribution in [1.29, 1.82) is 0 Å². The van der Waals surface area contributed by atoms with Gasteiger partial charge in [-0.05, 0) is 50.1 Å². The zero-order valence-corrected chi connectivity index (χ0v) is 19.4. The lowest BCUT2D eigenvalue weighted by Gasteiger charge is -2.42. The molecule has 4 rings (SSSR count). The number of carbonyl (C=O) groups is 3. The van der Waals surface area contributed by atoms with Crippen molar-refractivity contribution in [3.05, 3.63) is 54.1 Å². The van der Waals surface area contributed by atoms with E-state index in [0.717, 1.165) is 5.69 Å². The first-order valence-electron chi connectivity index (χ1n) is 11.5. The molecule has 0 bridgehead atoms. The van der Waals surface area contributed by atoms with E-state index in [2.05, 4.69) is 16.0 Å². The van der Waals surface area contributed by atoms with E-state index < -0.39 is 0 Å². The number of nitrogens with one attached hydrogen (secondary N) is 3. The van der Waals surface area contributed by atoms with Crippen LogP contribution in [0.5, 0.6) is 5.75 Å². The van der Waals surface area contributed by atoms with Gasteiger partial charge in [-0.15, -0.1) is 0 Å². The maximum atomic E-state index is 13.3. The highest BCUT2D eigenvalue weighted by Crippen LogP contribution is 2.32. The van der Waals surface area contributed by atoms with Crippen molar-refractivity contribution in [3.63, 3.8) is 0 Å². The Bertz CT molecular complexity index is 1040. The summed E-state index contributed by atoms with van der Waals surface area (Å²) < 4.78 is 12.2. The van der Waals surface area contributed by atoms with E-state index in [-0.39, 0.29) is 49.1 Å². The number of urea groups is 1. The van der Waals surface area contributed by atoms with Crippen LogP contribution in [0, 0.1) is 0 Å². The molecular formula is C25H30N4O5. The van der Waals surface area contributed by atoms with Crippen molar-refractivity contribution in [2.45, 2.75) is 44.4 Å². The predicted octanol–water partition coefficient (Wildman–Crippen LogP) is 3.24. The highest BCUT2D eigenvalue weighted by atomic mass is 16.5. The van der Waals surface area contributed by atoms with Crippen LogP contribution in [0.4, 0.5) is 16.2 Å². The van der Waals surface area contributed by atoms with Crippen LogP contribution in [0.3, 0.4) is 0 Å². The summed E-state index contributed by atoms with van der Waals surface area (Å²) in [4.78, 5) is 39.3. The number of hydrogen-bond acceptors (Lipinski definition) is 5. The minimum absolute atomic E-state index is 0.108. The molecule has 9 nitrogen and oxygen atoms in total. The van der Waals surface area contributed by atoms with Crippen molar-refractivity contribution >= 4 is 29.2 Å². The molecule has 2 aliphatic heterocycles. The molecule has 9 heteroatoms. The smallest absolute Gasteiger partial charge is 0.319 e. The Hall–Kier alpha value is -3.59. The van der Waals surface area contributed by atoms with E-state index in [0.29, 0.717) is 36.4 Å². The molecule has 1 fully saturated rings. The quantitative estimate of drug-likeness (QED) is 0.627. The van der Waals surface area contributed by atoms with Gasteiger partial charge in [0.2, 0.25) is 5.91 Å². The summed E-state index contributed by atoms with van der Waals surface area (Å²) in [5.74, 6) is 0.126. The van der Waals surface area contributed by atoms with Gasteiger partial charge >= 0.3 is 6.03 Å². The van der Waals surface area contributed by atoms with Crippen molar-refractivity contribution < 1.29 is 23.9 Å². The molecule has 3 N–H and O–H groups in total. The van der Waals surface area contributed by atoms with Gasteiger partial charge in [0.25, 0.3) is 5.91 Å². The van der Waals surface area contributed by atoms with E-state index in [4.69, 9.17) is 9.47 Å². The molecule has 0 unspecified atom stereocenters. The Morgan fingerprint density at radius 1 is 1.06 bits per heavy atom. The number of anilines is 2. The minimum atomic E-state index is -0.349. The molecule has 34 heavy (non-hydrogen) atoms.